The Labute approximate surface area is 227 Å². The van der Waals surface area contributed by atoms with Gasteiger partial charge in [0.15, 0.2) is 11.5 Å². The summed E-state index contributed by atoms with van der Waals surface area (Å²) in [4.78, 5) is 12.9. The van der Waals surface area contributed by atoms with Crippen LogP contribution in [0.2, 0.25) is 0 Å². The minimum Gasteiger partial charge on any atom is -0.502 e. The molecule has 0 bridgehead atoms. The highest BCUT2D eigenvalue weighted by atomic mass is 32.2. The lowest BCUT2D eigenvalue weighted by Crippen LogP contribution is -2.73. The number of rotatable bonds is 12. The Balaban J connectivity index is 0.00000174. The SMILES string of the molecule is CC.CCOc1cc(NS(=O)(=O)N2[C@H](C(=O)OCCCCC3=CC=CC=CC3)C3CC[C@@H]32)cc(OC)c1O.[HH]. The lowest BCUT2D eigenvalue weighted by atomic mass is 9.67. The molecule has 0 aromatic heterocycles. The van der Waals surface area contributed by atoms with Crippen LogP contribution in [0.15, 0.2) is 48.1 Å². The van der Waals surface area contributed by atoms with Crippen LogP contribution in [0.1, 0.15) is 60.7 Å². The van der Waals surface area contributed by atoms with Gasteiger partial charge in [-0.1, -0.05) is 49.8 Å². The van der Waals surface area contributed by atoms with Gasteiger partial charge in [0.2, 0.25) is 5.75 Å². The third-order valence-electron chi connectivity index (χ3n) is 6.83. The predicted octanol–water partition coefficient (Wildman–Crippen LogP) is 5.35. The van der Waals surface area contributed by atoms with Gasteiger partial charge in [0, 0.05) is 25.5 Å². The molecule has 2 aliphatic carbocycles. The van der Waals surface area contributed by atoms with Crippen molar-refractivity contribution in [3.63, 3.8) is 0 Å². The highest BCUT2D eigenvalue weighted by Crippen LogP contribution is 2.49. The van der Waals surface area contributed by atoms with Gasteiger partial charge in [-0.2, -0.15) is 12.7 Å². The van der Waals surface area contributed by atoms with Crippen LogP contribution in [-0.4, -0.2) is 56.2 Å². The van der Waals surface area contributed by atoms with Crippen molar-refractivity contribution in [1.29, 1.82) is 0 Å². The fraction of sp³-hybridized carbons (Fsp3) is 0.536. The molecule has 9 nitrogen and oxygen atoms in total. The van der Waals surface area contributed by atoms with Gasteiger partial charge in [0.25, 0.3) is 0 Å². The summed E-state index contributed by atoms with van der Waals surface area (Å²) < 4.78 is 46.3. The van der Waals surface area contributed by atoms with Crippen molar-refractivity contribution < 1.29 is 34.0 Å². The number of piperidine rings is 1. The van der Waals surface area contributed by atoms with Gasteiger partial charge in [-0.3, -0.25) is 9.52 Å². The molecule has 1 saturated heterocycles. The topological polar surface area (TPSA) is 114 Å². The molecule has 4 rings (SSSR count). The van der Waals surface area contributed by atoms with Crippen molar-refractivity contribution in [3.8, 4) is 17.2 Å². The zero-order valence-electron chi connectivity index (χ0n) is 22.7. The minimum atomic E-state index is -4.05. The third-order valence-corrected chi connectivity index (χ3v) is 8.38. The molecule has 2 N–H and O–H groups in total. The average Bonchev–Trinajstić information content (AvgIpc) is 3.16. The predicted molar refractivity (Wildman–Crippen MR) is 150 cm³/mol. The molecule has 1 aliphatic heterocycles. The van der Waals surface area contributed by atoms with Crippen LogP contribution in [-0.2, 0) is 19.7 Å². The summed E-state index contributed by atoms with van der Waals surface area (Å²) in [6.45, 7) is 6.29. The molecular weight excluding hydrogens is 508 g/mol. The fourth-order valence-electron chi connectivity index (χ4n) is 4.88. The molecule has 1 heterocycles. The lowest BCUT2D eigenvalue weighted by molar-refractivity contribution is -0.167. The molecule has 3 atom stereocenters. The Hall–Kier alpha value is -2.98. The maximum Gasteiger partial charge on any atom is 0.324 e. The van der Waals surface area contributed by atoms with Gasteiger partial charge >= 0.3 is 16.2 Å². The molecule has 2 fully saturated rings. The highest BCUT2D eigenvalue weighted by molar-refractivity contribution is 7.90. The second-order valence-corrected chi connectivity index (χ2v) is 10.7. The van der Waals surface area contributed by atoms with E-state index in [-0.39, 0.29) is 49.5 Å². The Morgan fingerprint density at radius 1 is 1.16 bits per heavy atom. The first-order valence-electron chi connectivity index (χ1n) is 13.4. The van der Waals surface area contributed by atoms with Gasteiger partial charge in [0.1, 0.15) is 6.04 Å². The molecule has 212 valence electrons. The molecule has 0 spiro atoms. The molecule has 1 unspecified atom stereocenters. The van der Waals surface area contributed by atoms with E-state index in [0.717, 1.165) is 32.1 Å². The molecule has 38 heavy (non-hydrogen) atoms. The number of esters is 1. The van der Waals surface area contributed by atoms with Crippen LogP contribution < -0.4 is 14.2 Å². The van der Waals surface area contributed by atoms with Gasteiger partial charge < -0.3 is 19.3 Å². The summed E-state index contributed by atoms with van der Waals surface area (Å²) in [5.41, 5.74) is 1.50. The first-order chi connectivity index (χ1) is 18.4. The lowest BCUT2D eigenvalue weighted by Gasteiger charge is -2.58. The average molecular weight is 551 g/mol. The number of nitrogens with zero attached hydrogens (tertiary/aromatic N) is 1. The van der Waals surface area contributed by atoms with E-state index in [4.69, 9.17) is 14.2 Å². The zero-order chi connectivity index (χ0) is 27.7. The van der Waals surface area contributed by atoms with Crippen LogP contribution >= 0.6 is 0 Å². The monoisotopic (exact) mass is 550 g/mol. The second kappa shape index (κ2) is 13.7. The first-order valence-corrected chi connectivity index (χ1v) is 14.8. The number of nitrogens with one attached hydrogen (secondary N) is 1. The number of hydrogen-bond acceptors (Lipinski definition) is 7. The maximum atomic E-state index is 13.3. The molecule has 10 heteroatoms. The van der Waals surface area contributed by atoms with Crippen LogP contribution in [0.4, 0.5) is 5.69 Å². The molecule has 0 amide bonds. The summed E-state index contributed by atoms with van der Waals surface area (Å²) in [5.74, 6) is -0.556. The number of methoxy groups -OCH3 is 1. The summed E-state index contributed by atoms with van der Waals surface area (Å²) in [7, 11) is -2.69. The Morgan fingerprint density at radius 3 is 2.61 bits per heavy atom. The van der Waals surface area contributed by atoms with E-state index >= 15 is 0 Å². The van der Waals surface area contributed by atoms with E-state index in [9.17, 15) is 18.3 Å². The Morgan fingerprint density at radius 2 is 1.92 bits per heavy atom. The summed E-state index contributed by atoms with van der Waals surface area (Å²) in [5, 5.41) is 10.2. The summed E-state index contributed by atoms with van der Waals surface area (Å²) in [6.07, 6.45) is 15.3. The van der Waals surface area contributed by atoms with Crippen molar-refractivity contribution in [3.05, 3.63) is 48.1 Å². The number of benzene rings is 1. The summed E-state index contributed by atoms with van der Waals surface area (Å²) in [6, 6.07) is 1.72. The van der Waals surface area contributed by atoms with Gasteiger partial charge in [-0.15, -0.1) is 0 Å². The van der Waals surface area contributed by atoms with Gasteiger partial charge in [0.05, 0.1) is 26.0 Å². The van der Waals surface area contributed by atoms with Crippen molar-refractivity contribution in [2.45, 2.75) is 71.4 Å². The smallest absolute Gasteiger partial charge is 0.324 e. The Kier molecular flexibility index (Phi) is 10.7. The number of phenolic OH excluding ortho intramolecular Hbond substituents is 1. The van der Waals surface area contributed by atoms with Gasteiger partial charge in [-0.05, 0) is 45.4 Å². The standard InChI is InChI=1S/C26H34N2O7S.C2H6.H2/c1-3-34-23-17-19(16-22(33-2)25(23)29)27-36(31,32)28-21-14-13-20(21)24(28)26(30)35-15-9-8-12-18-10-6-4-5-7-11-18;1-2;/h4-7,10,16-17,20-21,24,27,29H,3,8-9,11-15H2,1-2H3;1-2H3;1H/t20?,21-,24-;;/m0../s1. The van der Waals surface area contributed by atoms with E-state index in [0.29, 0.717) is 6.42 Å². The third kappa shape index (κ3) is 6.71. The Bertz CT molecular complexity index is 1170. The normalized spacial score (nSPS) is 21.9. The van der Waals surface area contributed by atoms with Gasteiger partial charge in [-0.25, -0.2) is 0 Å². The van der Waals surface area contributed by atoms with Crippen molar-refractivity contribution in [2.24, 2.45) is 5.92 Å². The number of fused-ring (bicyclic) bond motifs is 1. The number of aromatic hydroxyl groups is 1. The zero-order valence-corrected chi connectivity index (χ0v) is 23.5. The highest BCUT2D eigenvalue weighted by Gasteiger charge is 2.62. The molecular formula is C28H42N2O7S. The fourth-order valence-corrected chi connectivity index (χ4v) is 6.56. The number of carbonyl (C=O) groups is 1. The number of phenols is 1. The van der Waals surface area contributed by atoms with E-state index in [2.05, 4.69) is 16.9 Å². The second-order valence-electron chi connectivity index (χ2n) is 9.12. The molecule has 0 radical (unpaired) electrons. The van der Waals surface area contributed by atoms with Crippen molar-refractivity contribution >= 4 is 21.9 Å². The van der Waals surface area contributed by atoms with E-state index < -0.39 is 22.2 Å². The van der Waals surface area contributed by atoms with Crippen molar-refractivity contribution in [2.75, 3.05) is 25.0 Å². The largest absolute Gasteiger partial charge is 0.502 e. The molecule has 1 saturated carbocycles. The number of unbranched alkanes of at least 4 members (excludes halogenated alkanes) is 1. The number of carbonyl (C=O) groups excluding carboxylic acids is 1. The van der Waals surface area contributed by atoms with E-state index in [1.807, 2.05) is 32.1 Å². The van der Waals surface area contributed by atoms with E-state index in [1.54, 1.807) is 6.92 Å². The van der Waals surface area contributed by atoms with Crippen LogP contribution in [0.3, 0.4) is 0 Å². The quantitative estimate of drug-likeness (QED) is 0.205. The first kappa shape index (κ1) is 29.6. The number of allylic oxidation sites excluding steroid dienone is 6. The minimum absolute atomic E-state index is 0. The van der Waals surface area contributed by atoms with Crippen LogP contribution in [0.25, 0.3) is 0 Å². The number of hydrogen-bond donors (Lipinski definition) is 2. The number of ether oxygens (including phenoxy) is 3. The van der Waals surface area contributed by atoms with E-state index in [1.165, 1.54) is 29.1 Å². The van der Waals surface area contributed by atoms with Crippen LogP contribution in [0.5, 0.6) is 17.2 Å². The summed E-state index contributed by atoms with van der Waals surface area (Å²) >= 11 is 0. The van der Waals surface area contributed by atoms with Crippen LogP contribution in [0, 0.1) is 5.92 Å². The molecule has 3 aliphatic rings. The molecule has 1 aromatic carbocycles. The van der Waals surface area contributed by atoms with Crippen molar-refractivity contribution in [1.82, 2.24) is 4.31 Å². The maximum absolute atomic E-state index is 13.3. The number of anilines is 1. The molecule has 1 aromatic rings.